The van der Waals surface area contributed by atoms with Gasteiger partial charge in [0.05, 0.1) is 11.7 Å². The van der Waals surface area contributed by atoms with E-state index in [0.717, 1.165) is 25.7 Å². The lowest BCUT2D eigenvalue weighted by atomic mass is 9.68. The minimum absolute atomic E-state index is 0.237. The van der Waals surface area contributed by atoms with Crippen LogP contribution in [-0.4, -0.2) is 21.9 Å². The third-order valence-corrected chi connectivity index (χ3v) is 3.14. The van der Waals surface area contributed by atoms with Crippen LogP contribution in [0.5, 0.6) is 0 Å². The quantitative estimate of drug-likeness (QED) is 0.550. The third kappa shape index (κ3) is 1.42. The van der Waals surface area contributed by atoms with Crippen LogP contribution in [0, 0.1) is 5.92 Å². The first-order valence-corrected chi connectivity index (χ1v) is 4.58. The van der Waals surface area contributed by atoms with E-state index in [0.29, 0.717) is 12.3 Å². The van der Waals surface area contributed by atoms with E-state index in [1.807, 2.05) is 0 Å². The molecular weight excluding hydrogens is 140 g/mol. The predicted molar refractivity (Wildman–Crippen MR) is 42.1 cm³/mol. The highest BCUT2D eigenvalue weighted by atomic mass is 16.3. The molecule has 2 aliphatic carbocycles. The van der Waals surface area contributed by atoms with Gasteiger partial charge in [0.15, 0.2) is 0 Å². The third-order valence-electron chi connectivity index (χ3n) is 3.14. The molecule has 64 valence electrons. The summed E-state index contributed by atoms with van der Waals surface area (Å²) in [4.78, 5) is 0. The Balaban J connectivity index is 2.09. The number of hydrogen-bond acceptors (Lipinski definition) is 2. The fourth-order valence-corrected chi connectivity index (χ4v) is 2.75. The van der Waals surface area contributed by atoms with Gasteiger partial charge in [-0.3, -0.25) is 0 Å². The molecule has 3 atom stereocenters. The Kier molecular flexibility index (Phi) is 1.69. The van der Waals surface area contributed by atoms with Gasteiger partial charge in [-0.1, -0.05) is 12.8 Å². The van der Waals surface area contributed by atoms with Crippen molar-refractivity contribution in [1.29, 1.82) is 0 Å². The fourth-order valence-electron chi connectivity index (χ4n) is 2.75. The topological polar surface area (TPSA) is 40.5 Å². The van der Waals surface area contributed by atoms with E-state index in [1.54, 1.807) is 0 Å². The van der Waals surface area contributed by atoms with Crippen LogP contribution in [0.25, 0.3) is 0 Å². The van der Waals surface area contributed by atoms with Gasteiger partial charge in [0.2, 0.25) is 0 Å². The van der Waals surface area contributed by atoms with Gasteiger partial charge in [0, 0.05) is 6.42 Å². The molecule has 2 fully saturated rings. The summed E-state index contributed by atoms with van der Waals surface area (Å²) in [5.74, 6) is 0.595. The molecule has 0 aromatic heterocycles. The van der Waals surface area contributed by atoms with Gasteiger partial charge in [0.25, 0.3) is 0 Å². The Bertz CT molecular complexity index is 154. The lowest BCUT2D eigenvalue weighted by Crippen LogP contribution is -2.44. The molecule has 2 aliphatic rings. The first kappa shape index (κ1) is 7.56. The molecule has 0 aromatic rings. The van der Waals surface area contributed by atoms with Crippen molar-refractivity contribution >= 4 is 0 Å². The molecular formula is C9H16O2. The molecule has 0 aromatic carbocycles. The van der Waals surface area contributed by atoms with Gasteiger partial charge in [-0.05, 0) is 25.2 Å². The molecule has 0 aliphatic heterocycles. The molecule has 2 nitrogen and oxygen atoms in total. The second-order valence-electron chi connectivity index (χ2n) is 4.28. The second-order valence-corrected chi connectivity index (χ2v) is 4.28. The molecule has 2 bridgehead atoms. The first-order chi connectivity index (χ1) is 5.18. The molecule has 0 radical (unpaired) electrons. The zero-order valence-corrected chi connectivity index (χ0v) is 6.79. The van der Waals surface area contributed by atoms with E-state index < -0.39 is 5.60 Å². The molecule has 2 rings (SSSR count). The first-order valence-electron chi connectivity index (χ1n) is 4.58. The minimum Gasteiger partial charge on any atom is -0.393 e. The van der Waals surface area contributed by atoms with Gasteiger partial charge in [-0.15, -0.1) is 0 Å². The predicted octanol–water partition coefficient (Wildman–Crippen LogP) is 1.06. The van der Waals surface area contributed by atoms with Crippen molar-refractivity contribution in [3.63, 3.8) is 0 Å². The summed E-state index contributed by atoms with van der Waals surface area (Å²) >= 11 is 0. The zero-order chi connectivity index (χ0) is 7.90. The number of rotatable bonds is 0. The number of hydrogen-bond donors (Lipinski definition) is 2. The maximum Gasteiger partial charge on any atom is 0.0675 e. The Hall–Kier alpha value is -0.0800. The summed E-state index contributed by atoms with van der Waals surface area (Å²) in [5, 5.41) is 19.3. The molecule has 0 amide bonds. The van der Waals surface area contributed by atoms with Crippen LogP contribution in [-0.2, 0) is 0 Å². The Morgan fingerprint density at radius 2 is 2.09 bits per heavy atom. The highest BCUT2D eigenvalue weighted by molar-refractivity contribution is 4.93. The van der Waals surface area contributed by atoms with E-state index in [9.17, 15) is 10.2 Å². The highest BCUT2D eigenvalue weighted by Crippen LogP contribution is 2.42. The van der Waals surface area contributed by atoms with E-state index in [-0.39, 0.29) is 6.10 Å². The van der Waals surface area contributed by atoms with Gasteiger partial charge in [0.1, 0.15) is 0 Å². The molecule has 2 heteroatoms. The molecule has 3 unspecified atom stereocenters. The van der Waals surface area contributed by atoms with Crippen LogP contribution in [0.15, 0.2) is 0 Å². The largest absolute Gasteiger partial charge is 0.393 e. The van der Waals surface area contributed by atoms with E-state index >= 15 is 0 Å². The lowest BCUT2D eigenvalue weighted by Gasteiger charge is -2.43. The Morgan fingerprint density at radius 1 is 1.27 bits per heavy atom. The van der Waals surface area contributed by atoms with E-state index in [1.165, 1.54) is 6.42 Å². The maximum atomic E-state index is 9.91. The van der Waals surface area contributed by atoms with Crippen molar-refractivity contribution in [3.05, 3.63) is 0 Å². The van der Waals surface area contributed by atoms with Crippen LogP contribution in [0.2, 0.25) is 0 Å². The summed E-state index contributed by atoms with van der Waals surface area (Å²) in [6.45, 7) is 0. The van der Waals surface area contributed by atoms with Crippen molar-refractivity contribution in [1.82, 2.24) is 0 Å². The molecule has 0 heterocycles. The summed E-state index contributed by atoms with van der Waals surface area (Å²) in [5.41, 5.74) is -0.499. The average molecular weight is 156 g/mol. The SMILES string of the molecule is OC1CC2CCCC(O)(C1)C2. The Labute approximate surface area is 67.2 Å². The van der Waals surface area contributed by atoms with Crippen molar-refractivity contribution in [2.75, 3.05) is 0 Å². The molecule has 2 N–H and O–H groups in total. The second kappa shape index (κ2) is 2.46. The average Bonchev–Trinajstić information content (AvgIpc) is 1.82. The maximum absolute atomic E-state index is 9.91. The van der Waals surface area contributed by atoms with Gasteiger partial charge >= 0.3 is 0 Å². The van der Waals surface area contributed by atoms with Crippen LogP contribution in [0.1, 0.15) is 38.5 Å². The molecule has 2 saturated carbocycles. The summed E-state index contributed by atoms with van der Waals surface area (Å²) in [6.07, 6.45) is 5.49. The van der Waals surface area contributed by atoms with Crippen molar-refractivity contribution in [2.24, 2.45) is 5.92 Å². The van der Waals surface area contributed by atoms with Crippen molar-refractivity contribution in [3.8, 4) is 0 Å². The Morgan fingerprint density at radius 3 is 2.82 bits per heavy atom. The lowest BCUT2D eigenvalue weighted by molar-refractivity contribution is -0.0906. The van der Waals surface area contributed by atoms with E-state index in [4.69, 9.17) is 0 Å². The van der Waals surface area contributed by atoms with Crippen LogP contribution >= 0.6 is 0 Å². The van der Waals surface area contributed by atoms with Crippen LogP contribution in [0.4, 0.5) is 0 Å². The van der Waals surface area contributed by atoms with Gasteiger partial charge in [-0.25, -0.2) is 0 Å². The molecule has 0 saturated heterocycles. The van der Waals surface area contributed by atoms with Crippen molar-refractivity contribution < 1.29 is 10.2 Å². The number of aliphatic hydroxyl groups is 2. The number of fused-ring (bicyclic) bond motifs is 2. The summed E-state index contributed by atoms with van der Waals surface area (Å²) in [6, 6.07) is 0. The fraction of sp³-hybridized carbons (Fsp3) is 1.00. The minimum atomic E-state index is -0.499. The van der Waals surface area contributed by atoms with E-state index in [2.05, 4.69) is 0 Å². The summed E-state index contributed by atoms with van der Waals surface area (Å²) < 4.78 is 0. The molecule has 11 heavy (non-hydrogen) atoms. The summed E-state index contributed by atoms with van der Waals surface area (Å²) in [7, 11) is 0. The highest BCUT2D eigenvalue weighted by Gasteiger charge is 2.40. The number of aliphatic hydroxyl groups excluding tert-OH is 1. The van der Waals surface area contributed by atoms with Crippen LogP contribution < -0.4 is 0 Å². The van der Waals surface area contributed by atoms with Crippen LogP contribution in [0.3, 0.4) is 0 Å². The normalized spacial score (nSPS) is 50.7. The molecule has 0 spiro atoms. The van der Waals surface area contributed by atoms with Gasteiger partial charge in [-0.2, -0.15) is 0 Å². The zero-order valence-electron chi connectivity index (χ0n) is 6.79. The monoisotopic (exact) mass is 156 g/mol. The van der Waals surface area contributed by atoms with Crippen molar-refractivity contribution in [2.45, 2.75) is 50.2 Å². The standard InChI is InChI=1S/C9H16O2/c10-8-4-7-2-1-3-9(11,5-7)6-8/h7-8,10-11H,1-6H2. The van der Waals surface area contributed by atoms with Gasteiger partial charge < -0.3 is 10.2 Å². The smallest absolute Gasteiger partial charge is 0.0675 e.